The highest BCUT2D eigenvalue weighted by molar-refractivity contribution is 5.87. The van der Waals surface area contributed by atoms with E-state index in [-0.39, 0.29) is 24.1 Å². The van der Waals surface area contributed by atoms with Crippen LogP contribution in [0.1, 0.15) is 71.1 Å². The lowest BCUT2D eigenvalue weighted by Crippen LogP contribution is -2.32. The second kappa shape index (κ2) is 8.41. The van der Waals surface area contributed by atoms with E-state index in [0.29, 0.717) is 17.4 Å². The SMILES string of the molecule is C=C(C)C(=O)OC1CC2CC1C1CCCC21.C=CC(=O)OC1CC2CC1C1CCCC21. The minimum Gasteiger partial charge on any atom is -0.459 e. The number of ether oxygens (including phenoxy) is 2. The minimum atomic E-state index is -0.234. The maximum absolute atomic E-state index is 11.5. The Bertz CT molecular complexity index is 756. The van der Waals surface area contributed by atoms with Crippen molar-refractivity contribution in [3.05, 3.63) is 24.8 Å². The van der Waals surface area contributed by atoms with Gasteiger partial charge in [0.05, 0.1) is 0 Å². The molecule has 0 radical (unpaired) electrons. The van der Waals surface area contributed by atoms with E-state index >= 15 is 0 Å². The van der Waals surface area contributed by atoms with Crippen LogP contribution in [0.2, 0.25) is 0 Å². The summed E-state index contributed by atoms with van der Waals surface area (Å²) in [6, 6.07) is 0. The molecule has 0 aromatic carbocycles. The molecule has 0 aromatic heterocycles. The summed E-state index contributed by atoms with van der Waals surface area (Å²) in [6.45, 7) is 8.84. The largest absolute Gasteiger partial charge is 0.459 e. The highest BCUT2D eigenvalue weighted by Gasteiger charge is 2.56. The Balaban J connectivity index is 0.000000132. The summed E-state index contributed by atoms with van der Waals surface area (Å²) in [5.74, 6) is 6.28. The van der Waals surface area contributed by atoms with Crippen LogP contribution >= 0.6 is 0 Å². The van der Waals surface area contributed by atoms with E-state index in [4.69, 9.17) is 9.47 Å². The number of hydrogen-bond acceptors (Lipinski definition) is 4. The number of carbonyl (C=O) groups is 2. The molecule has 0 aliphatic heterocycles. The van der Waals surface area contributed by atoms with E-state index in [1.807, 2.05) is 0 Å². The third kappa shape index (κ3) is 3.78. The second-order valence-corrected chi connectivity index (χ2v) is 11.2. The Morgan fingerprint density at radius 1 is 0.742 bits per heavy atom. The van der Waals surface area contributed by atoms with Crippen LogP contribution < -0.4 is 0 Å². The van der Waals surface area contributed by atoms with Crippen LogP contribution in [0.5, 0.6) is 0 Å². The first-order valence-corrected chi connectivity index (χ1v) is 12.7. The Hall–Kier alpha value is -1.58. The quantitative estimate of drug-likeness (QED) is 0.442. The molecule has 0 N–H and O–H groups in total. The molecular weight excluding hydrogens is 388 g/mol. The van der Waals surface area contributed by atoms with Crippen molar-refractivity contribution < 1.29 is 19.1 Å². The van der Waals surface area contributed by atoms with E-state index in [1.54, 1.807) is 6.92 Å². The van der Waals surface area contributed by atoms with Gasteiger partial charge in [0.15, 0.2) is 0 Å². The molecule has 0 amide bonds. The molecule has 6 rings (SSSR count). The van der Waals surface area contributed by atoms with E-state index in [9.17, 15) is 9.59 Å². The standard InChI is InChI=1S/C14H20O2.C13H18O2/c1-8(2)14(15)16-13-7-9-6-12(13)11-5-3-4-10(9)11;1-2-13(14)15-12-7-8-6-11(12)10-5-3-4-9(8)10/h9-13H,1,3-7H2,2H3;2,8-12H,1,3-7H2. The van der Waals surface area contributed by atoms with Gasteiger partial charge in [0.25, 0.3) is 0 Å². The van der Waals surface area contributed by atoms with E-state index in [0.717, 1.165) is 48.3 Å². The first-order valence-electron chi connectivity index (χ1n) is 12.7. The molecular formula is C27H38O4. The molecule has 0 saturated heterocycles. The van der Waals surface area contributed by atoms with Crippen molar-refractivity contribution in [2.45, 2.75) is 83.3 Å². The molecule has 6 aliphatic rings. The average Bonchev–Trinajstić information content (AvgIpc) is 3.55. The van der Waals surface area contributed by atoms with Gasteiger partial charge >= 0.3 is 11.9 Å². The van der Waals surface area contributed by atoms with Gasteiger partial charge in [-0.1, -0.05) is 26.0 Å². The zero-order valence-corrected chi connectivity index (χ0v) is 19.0. The Morgan fingerprint density at radius 2 is 1.23 bits per heavy atom. The Labute approximate surface area is 186 Å². The smallest absolute Gasteiger partial charge is 0.333 e. The topological polar surface area (TPSA) is 52.6 Å². The lowest BCUT2D eigenvalue weighted by atomic mass is 9.80. The van der Waals surface area contributed by atoms with Crippen LogP contribution in [0.15, 0.2) is 24.8 Å². The van der Waals surface area contributed by atoms with Crippen molar-refractivity contribution in [3.8, 4) is 0 Å². The van der Waals surface area contributed by atoms with Crippen LogP contribution in [0.25, 0.3) is 0 Å². The predicted octanol–water partition coefficient (Wildman–Crippen LogP) is 5.47. The van der Waals surface area contributed by atoms with Gasteiger partial charge in [-0.05, 0) is 106 Å². The van der Waals surface area contributed by atoms with Gasteiger partial charge in [-0.25, -0.2) is 9.59 Å². The molecule has 4 bridgehead atoms. The van der Waals surface area contributed by atoms with Gasteiger partial charge in [-0.15, -0.1) is 0 Å². The van der Waals surface area contributed by atoms with Gasteiger partial charge in [0, 0.05) is 11.6 Å². The fourth-order valence-corrected chi connectivity index (χ4v) is 8.72. The molecule has 31 heavy (non-hydrogen) atoms. The van der Waals surface area contributed by atoms with Crippen LogP contribution in [0.3, 0.4) is 0 Å². The van der Waals surface area contributed by atoms with Gasteiger partial charge in [0.1, 0.15) is 12.2 Å². The van der Waals surface area contributed by atoms with E-state index in [1.165, 1.54) is 57.4 Å². The lowest BCUT2D eigenvalue weighted by Gasteiger charge is -2.31. The molecule has 6 aliphatic carbocycles. The number of fused-ring (bicyclic) bond motifs is 10. The monoisotopic (exact) mass is 426 g/mol. The molecule has 0 heterocycles. The van der Waals surface area contributed by atoms with Gasteiger partial charge < -0.3 is 9.47 Å². The van der Waals surface area contributed by atoms with E-state index in [2.05, 4.69) is 13.2 Å². The average molecular weight is 427 g/mol. The number of rotatable bonds is 4. The highest BCUT2D eigenvalue weighted by atomic mass is 16.5. The normalized spacial score (nSPS) is 45.5. The van der Waals surface area contributed by atoms with Gasteiger partial charge in [0.2, 0.25) is 0 Å². The van der Waals surface area contributed by atoms with Crippen molar-refractivity contribution in [2.75, 3.05) is 0 Å². The van der Waals surface area contributed by atoms with Crippen LogP contribution in [0, 0.1) is 47.3 Å². The molecule has 170 valence electrons. The Morgan fingerprint density at radius 3 is 1.71 bits per heavy atom. The first kappa shape index (κ1) is 21.3. The molecule has 10 atom stereocenters. The van der Waals surface area contributed by atoms with Crippen molar-refractivity contribution >= 4 is 11.9 Å². The molecule has 4 heteroatoms. The number of carbonyl (C=O) groups excluding carboxylic acids is 2. The zero-order chi connectivity index (χ0) is 21.7. The summed E-state index contributed by atoms with van der Waals surface area (Å²) in [5, 5.41) is 0. The van der Waals surface area contributed by atoms with Gasteiger partial charge in [-0.3, -0.25) is 0 Å². The van der Waals surface area contributed by atoms with E-state index < -0.39 is 0 Å². The zero-order valence-electron chi connectivity index (χ0n) is 19.0. The second-order valence-electron chi connectivity index (χ2n) is 11.2. The summed E-state index contributed by atoms with van der Waals surface area (Å²) in [6.07, 6.45) is 14.9. The predicted molar refractivity (Wildman–Crippen MR) is 119 cm³/mol. The summed E-state index contributed by atoms with van der Waals surface area (Å²) >= 11 is 0. The highest BCUT2D eigenvalue weighted by Crippen LogP contribution is 2.60. The lowest BCUT2D eigenvalue weighted by molar-refractivity contribution is -0.148. The maximum Gasteiger partial charge on any atom is 0.333 e. The Kier molecular flexibility index (Phi) is 5.77. The van der Waals surface area contributed by atoms with Gasteiger partial charge in [-0.2, -0.15) is 0 Å². The van der Waals surface area contributed by atoms with Crippen molar-refractivity contribution in [3.63, 3.8) is 0 Å². The van der Waals surface area contributed by atoms with Crippen LogP contribution in [-0.4, -0.2) is 24.1 Å². The molecule has 0 spiro atoms. The fourth-order valence-electron chi connectivity index (χ4n) is 8.72. The minimum absolute atomic E-state index is 0.188. The van der Waals surface area contributed by atoms with Crippen LogP contribution in [-0.2, 0) is 19.1 Å². The molecule has 0 aromatic rings. The summed E-state index contributed by atoms with van der Waals surface area (Å²) in [7, 11) is 0. The summed E-state index contributed by atoms with van der Waals surface area (Å²) in [4.78, 5) is 22.7. The van der Waals surface area contributed by atoms with Crippen molar-refractivity contribution in [1.29, 1.82) is 0 Å². The molecule has 4 nitrogen and oxygen atoms in total. The van der Waals surface area contributed by atoms with Crippen molar-refractivity contribution in [2.24, 2.45) is 47.3 Å². The molecule has 6 saturated carbocycles. The third-order valence-electron chi connectivity index (χ3n) is 9.78. The fraction of sp³-hybridized carbons (Fsp3) is 0.778. The summed E-state index contributed by atoms with van der Waals surface area (Å²) in [5.41, 5.74) is 0.533. The van der Waals surface area contributed by atoms with Crippen molar-refractivity contribution in [1.82, 2.24) is 0 Å². The summed E-state index contributed by atoms with van der Waals surface area (Å²) < 4.78 is 11.0. The molecule has 10 unspecified atom stereocenters. The first-order chi connectivity index (χ1) is 15.0. The number of hydrogen-bond donors (Lipinski definition) is 0. The third-order valence-corrected chi connectivity index (χ3v) is 9.78. The molecule has 6 fully saturated rings. The number of esters is 2. The van der Waals surface area contributed by atoms with Crippen LogP contribution in [0.4, 0.5) is 0 Å². The maximum atomic E-state index is 11.5.